The van der Waals surface area contributed by atoms with Gasteiger partial charge in [-0.2, -0.15) is 10.4 Å². The lowest BCUT2D eigenvalue weighted by Crippen LogP contribution is -2.50. The molecule has 198 valence electrons. The fourth-order valence-corrected chi connectivity index (χ4v) is 4.62. The van der Waals surface area contributed by atoms with E-state index in [1.54, 1.807) is 77.8 Å². The summed E-state index contributed by atoms with van der Waals surface area (Å²) >= 11 is 12.4. The summed E-state index contributed by atoms with van der Waals surface area (Å²) in [4.78, 5) is 30.1. The Morgan fingerprint density at radius 1 is 1.21 bits per heavy atom. The molecule has 0 bridgehead atoms. The lowest BCUT2D eigenvalue weighted by molar-refractivity contribution is -0.00380. The number of halogens is 2. The fraction of sp³-hybridized carbons (Fsp3) is 0.333. The second-order valence-electron chi connectivity index (χ2n) is 9.73. The van der Waals surface area contributed by atoms with Crippen molar-refractivity contribution in [1.29, 1.82) is 5.26 Å². The number of aromatic nitrogens is 2. The molecule has 1 unspecified atom stereocenters. The summed E-state index contributed by atoms with van der Waals surface area (Å²) in [6, 6.07) is 12.5. The average Bonchev–Trinajstić information content (AvgIpc) is 3.27. The van der Waals surface area contributed by atoms with E-state index in [2.05, 4.69) is 5.32 Å². The number of benzene rings is 2. The maximum Gasteiger partial charge on any atom is 0.322 e. The van der Waals surface area contributed by atoms with E-state index in [4.69, 9.17) is 33.6 Å². The van der Waals surface area contributed by atoms with Gasteiger partial charge in [-0.05, 0) is 57.2 Å². The molecule has 2 heterocycles. The van der Waals surface area contributed by atoms with Gasteiger partial charge in [0.15, 0.2) is 0 Å². The van der Waals surface area contributed by atoms with Crippen LogP contribution in [0.3, 0.4) is 0 Å². The molecular formula is C27H28Cl2N6O3. The van der Waals surface area contributed by atoms with Crippen LogP contribution in [0.15, 0.2) is 42.5 Å². The van der Waals surface area contributed by atoms with Gasteiger partial charge in [-0.15, -0.1) is 0 Å². The molecule has 38 heavy (non-hydrogen) atoms. The van der Waals surface area contributed by atoms with Crippen LogP contribution in [0, 0.1) is 11.3 Å². The standard InChI is InChI=1S/C27H28Cl2N6O3/c1-5-33(4)25(36)23-21-14-34(26(37)31-18-9-6-16(13-30)7-10-18)15-22(27(2,3)38)35(21)32-24(23)17-8-11-19(28)20(29)12-17/h6-12,22,38H,5,14-15H2,1-4H3,(H,31,37). The molecule has 1 aliphatic heterocycles. The number of hydrogen-bond donors (Lipinski definition) is 2. The largest absolute Gasteiger partial charge is 0.388 e. The number of nitrogens with zero attached hydrogens (tertiary/aromatic N) is 5. The molecule has 0 radical (unpaired) electrons. The van der Waals surface area contributed by atoms with Crippen molar-refractivity contribution in [2.45, 2.75) is 39.0 Å². The van der Waals surface area contributed by atoms with E-state index in [0.717, 1.165) is 0 Å². The van der Waals surface area contributed by atoms with Gasteiger partial charge in [-0.3, -0.25) is 9.48 Å². The van der Waals surface area contributed by atoms with Crippen molar-refractivity contribution in [2.24, 2.45) is 0 Å². The quantitative estimate of drug-likeness (QED) is 0.450. The van der Waals surface area contributed by atoms with Crippen LogP contribution in [0.5, 0.6) is 0 Å². The van der Waals surface area contributed by atoms with Gasteiger partial charge in [0.2, 0.25) is 0 Å². The molecule has 0 spiro atoms. The van der Waals surface area contributed by atoms with Crippen LogP contribution in [0.4, 0.5) is 10.5 Å². The summed E-state index contributed by atoms with van der Waals surface area (Å²) in [6.45, 7) is 5.85. The number of carbonyl (C=O) groups excluding carboxylic acids is 2. The third-order valence-electron chi connectivity index (χ3n) is 6.63. The zero-order chi connectivity index (χ0) is 27.8. The lowest BCUT2D eigenvalue weighted by Gasteiger charge is -2.39. The van der Waals surface area contributed by atoms with Gasteiger partial charge in [-0.1, -0.05) is 29.3 Å². The van der Waals surface area contributed by atoms with Gasteiger partial charge in [0.05, 0.1) is 51.1 Å². The number of fused-ring (bicyclic) bond motifs is 1. The third-order valence-corrected chi connectivity index (χ3v) is 7.37. The molecule has 2 aromatic carbocycles. The molecule has 9 nitrogen and oxygen atoms in total. The van der Waals surface area contributed by atoms with Gasteiger partial charge >= 0.3 is 6.03 Å². The minimum atomic E-state index is -1.28. The van der Waals surface area contributed by atoms with E-state index in [1.807, 2.05) is 13.0 Å². The summed E-state index contributed by atoms with van der Waals surface area (Å²) in [5.74, 6) is -0.265. The normalized spacial score (nSPS) is 15.0. The topological polar surface area (TPSA) is 114 Å². The van der Waals surface area contributed by atoms with Crippen LogP contribution in [0.25, 0.3) is 11.3 Å². The number of amides is 3. The Hall–Kier alpha value is -3.58. The molecular weight excluding hydrogens is 527 g/mol. The van der Waals surface area contributed by atoms with Crippen molar-refractivity contribution in [3.63, 3.8) is 0 Å². The van der Waals surface area contributed by atoms with Crippen molar-refractivity contribution in [3.05, 3.63) is 69.3 Å². The molecule has 1 aromatic heterocycles. The smallest absolute Gasteiger partial charge is 0.322 e. The SMILES string of the molecule is CCN(C)C(=O)c1c(-c2ccc(Cl)c(Cl)c2)nn2c1CN(C(=O)Nc1ccc(C#N)cc1)CC2C(C)(C)O. The highest BCUT2D eigenvalue weighted by molar-refractivity contribution is 6.42. The van der Waals surface area contributed by atoms with Gasteiger partial charge in [0, 0.05) is 31.4 Å². The summed E-state index contributed by atoms with van der Waals surface area (Å²) in [5, 5.41) is 28.5. The number of nitriles is 1. The van der Waals surface area contributed by atoms with Gasteiger partial charge in [0.1, 0.15) is 5.69 Å². The molecule has 3 aromatic rings. The van der Waals surface area contributed by atoms with Crippen LogP contribution in [-0.4, -0.2) is 62.4 Å². The van der Waals surface area contributed by atoms with Crippen molar-refractivity contribution < 1.29 is 14.7 Å². The third kappa shape index (κ3) is 5.34. The van der Waals surface area contributed by atoms with Gasteiger partial charge < -0.3 is 20.2 Å². The molecule has 1 aliphatic rings. The molecule has 0 fully saturated rings. The van der Waals surface area contributed by atoms with Crippen molar-refractivity contribution >= 4 is 40.8 Å². The Labute approximate surface area is 231 Å². The Bertz CT molecular complexity index is 1420. The first-order chi connectivity index (χ1) is 17.9. The number of hydrogen-bond acceptors (Lipinski definition) is 5. The number of aliphatic hydroxyl groups is 1. The van der Waals surface area contributed by atoms with E-state index < -0.39 is 17.7 Å². The Morgan fingerprint density at radius 3 is 2.47 bits per heavy atom. The Kier molecular flexibility index (Phi) is 7.70. The number of nitrogens with one attached hydrogen (secondary N) is 1. The lowest BCUT2D eigenvalue weighted by atomic mass is 9.95. The second kappa shape index (κ2) is 10.7. The number of urea groups is 1. The molecule has 1 atom stereocenters. The Morgan fingerprint density at radius 2 is 1.89 bits per heavy atom. The van der Waals surface area contributed by atoms with Gasteiger partial charge in [-0.25, -0.2) is 4.79 Å². The molecule has 0 saturated heterocycles. The predicted molar refractivity (Wildman–Crippen MR) is 146 cm³/mol. The number of carbonyl (C=O) groups is 2. The molecule has 0 saturated carbocycles. The maximum absolute atomic E-state index is 13.6. The summed E-state index contributed by atoms with van der Waals surface area (Å²) < 4.78 is 1.65. The van der Waals surface area contributed by atoms with Crippen LogP contribution in [-0.2, 0) is 6.54 Å². The molecule has 4 rings (SSSR count). The van der Waals surface area contributed by atoms with Crippen molar-refractivity contribution in [2.75, 3.05) is 25.5 Å². The number of anilines is 1. The average molecular weight is 555 g/mol. The molecule has 11 heteroatoms. The zero-order valence-corrected chi connectivity index (χ0v) is 23.0. The van der Waals surface area contributed by atoms with Crippen LogP contribution >= 0.6 is 23.2 Å². The monoisotopic (exact) mass is 554 g/mol. The highest BCUT2D eigenvalue weighted by Gasteiger charge is 2.41. The zero-order valence-electron chi connectivity index (χ0n) is 21.5. The summed E-state index contributed by atoms with van der Waals surface area (Å²) in [6.07, 6.45) is 0. The van der Waals surface area contributed by atoms with Crippen LogP contribution in [0.2, 0.25) is 10.0 Å². The molecule has 0 aliphatic carbocycles. The molecule has 3 amide bonds. The predicted octanol–water partition coefficient (Wildman–Crippen LogP) is 5.18. The minimum absolute atomic E-state index is 0.0850. The van der Waals surface area contributed by atoms with Crippen molar-refractivity contribution in [1.82, 2.24) is 19.6 Å². The fourth-order valence-electron chi connectivity index (χ4n) is 4.32. The maximum atomic E-state index is 13.6. The highest BCUT2D eigenvalue weighted by atomic mass is 35.5. The summed E-state index contributed by atoms with van der Waals surface area (Å²) in [5.41, 5.74) is 1.55. The van der Waals surface area contributed by atoms with E-state index in [0.29, 0.717) is 50.4 Å². The first-order valence-electron chi connectivity index (χ1n) is 12.0. The second-order valence-corrected chi connectivity index (χ2v) is 10.5. The highest BCUT2D eigenvalue weighted by Crippen LogP contribution is 2.38. The van der Waals surface area contributed by atoms with E-state index in [1.165, 1.54) is 0 Å². The first kappa shape index (κ1) is 27.5. The summed E-state index contributed by atoms with van der Waals surface area (Å²) in [7, 11) is 1.69. The Balaban J connectivity index is 1.81. The van der Waals surface area contributed by atoms with Crippen molar-refractivity contribution in [3.8, 4) is 17.3 Å². The first-order valence-corrected chi connectivity index (χ1v) is 12.8. The van der Waals surface area contributed by atoms with E-state index in [9.17, 15) is 14.7 Å². The number of rotatable bonds is 5. The molecule has 2 N–H and O–H groups in total. The van der Waals surface area contributed by atoms with E-state index >= 15 is 0 Å². The van der Waals surface area contributed by atoms with E-state index in [-0.39, 0.29) is 19.0 Å². The minimum Gasteiger partial charge on any atom is -0.388 e. The van der Waals surface area contributed by atoms with Crippen LogP contribution in [0.1, 0.15) is 48.4 Å². The van der Waals surface area contributed by atoms with Gasteiger partial charge in [0.25, 0.3) is 5.91 Å². The van der Waals surface area contributed by atoms with Crippen LogP contribution < -0.4 is 5.32 Å².